The third-order valence-corrected chi connectivity index (χ3v) is 2.54. The average Bonchev–Trinajstić information content (AvgIpc) is 2.25. The van der Waals surface area contributed by atoms with Gasteiger partial charge in [0.2, 0.25) is 0 Å². The van der Waals surface area contributed by atoms with E-state index in [0.29, 0.717) is 10.8 Å². The molecule has 1 atom stereocenters. The highest BCUT2D eigenvalue weighted by Crippen LogP contribution is 2.31. The highest BCUT2D eigenvalue weighted by atomic mass is 19.4. The first-order chi connectivity index (χ1) is 7.88. The molecule has 1 nitrogen and oxygen atoms in total. The van der Waals surface area contributed by atoms with Crippen LogP contribution in [0, 0.1) is 5.82 Å². The fraction of sp³-hybridized carbons (Fsp3) is 0.167. The maximum atomic E-state index is 12.9. The zero-order chi connectivity index (χ0) is 12.6. The Hall–Kier alpha value is -1.62. The standard InChI is InChI=1S/C12H9F4N/c13-10-4-3-7-1-2-8(5-9(7)6-10)11(17)12(14,15)16/h1-6,11H,17H2/t11-/m0/s1. The van der Waals surface area contributed by atoms with Gasteiger partial charge in [-0.2, -0.15) is 13.2 Å². The van der Waals surface area contributed by atoms with Crippen molar-refractivity contribution >= 4 is 10.8 Å². The molecule has 0 aromatic heterocycles. The van der Waals surface area contributed by atoms with Gasteiger partial charge in [0.15, 0.2) is 0 Å². The van der Waals surface area contributed by atoms with Crippen LogP contribution in [0.3, 0.4) is 0 Å². The minimum atomic E-state index is -4.50. The Kier molecular flexibility index (Phi) is 2.79. The van der Waals surface area contributed by atoms with E-state index in [9.17, 15) is 17.6 Å². The molecule has 2 aromatic rings. The molecule has 0 amide bonds. The number of benzene rings is 2. The Balaban J connectivity index is 2.50. The highest BCUT2D eigenvalue weighted by molar-refractivity contribution is 5.83. The lowest BCUT2D eigenvalue weighted by atomic mass is 10.0. The number of hydrogen-bond donors (Lipinski definition) is 1. The van der Waals surface area contributed by atoms with E-state index in [-0.39, 0.29) is 5.56 Å². The van der Waals surface area contributed by atoms with E-state index >= 15 is 0 Å². The lowest BCUT2D eigenvalue weighted by molar-refractivity contribution is -0.149. The Bertz CT molecular complexity index is 548. The lowest BCUT2D eigenvalue weighted by Crippen LogP contribution is -2.28. The molecule has 0 bridgehead atoms. The van der Waals surface area contributed by atoms with E-state index in [1.54, 1.807) is 0 Å². The molecule has 0 saturated carbocycles. The van der Waals surface area contributed by atoms with Crippen molar-refractivity contribution in [3.63, 3.8) is 0 Å². The third kappa shape index (κ3) is 2.39. The zero-order valence-corrected chi connectivity index (χ0v) is 8.63. The van der Waals surface area contributed by atoms with Crippen LogP contribution in [-0.2, 0) is 0 Å². The Morgan fingerprint density at radius 1 is 0.941 bits per heavy atom. The molecule has 0 saturated heterocycles. The first kappa shape index (κ1) is 11.9. The first-order valence-corrected chi connectivity index (χ1v) is 4.89. The predicted molar refractivity (Wildman–Crippen MR) is 56.9 cm³/mol. The minimum absolute atomic E-state index is 0.0735. The summed E-state index contributed by atoms with van der Waals surface area (Å²) in [7, 11) is 0. The molecule has 5 heteroatoms. The molecular formula is C12H9F4N. The number of hydrogen-bond acceptors (Lipinski definition) is 1. The first-order valence-electron chi connectivity index (χ1n) is 4.89. The van der Waals surface area contributed by atoms with Gasteiger partial charge in [0.05, 0.1) is 0 Å². The molecule has 90 valence electrons. The average molecular weight is 243 g/mol. The molecule has 0 unspecified atom stereocenters. The van der Waals surface area contributed by atoms with Crippen molar-refractivity contribution in [2.75, 3.05) is 0 Å². The Morgan fingerprint density at radius 3 is 2.24 bits per heavy atom. The summed E-state index contributed by atoms with van der Waals surface area (Å²) in [6, 6.07) is 5.96. The van der Waals surface area contributed by atoms with E-state index in [1.807, 2.05) is 0 Å². The molecule has 17 heavy (non-hydrogen) atoms. The summed E-state index contributed by atoms with van der Waals surface area (Å²) in [5, 5.41) is 1.08. The summed E-state index contributed by atoms with van der Waals surface area (Å²) in [4.78, 5) is 0. The van der Waals surface area contributed by atoms with Crippen LogP contribution in [0.2, 0.25) is 0 Å². The van der Waals surface area contributed by atoms with Crippen molar-refractivity contribution < 1.29 is 17.6 Å². The van der Waals surface area contributed by atoms with Gasteiger partial charge in [-0.3, -0.25) is 0 Å². The van der Waals surface area contributed by atoms with Crippen LogP contribution in [0.1, 0.15) is 11.6 Å². The van der Waals surface area contributed by atoms with E-state index in [4.69, 9.17) is 5.73 Å². The lowest BCUT2D eigenvalue weighted by Gasteiger charge is -2.16. The quantitative estimate of drug-likeness (QED) is 0.761. The van der Waals surface area contributed by atoms with Crippen molar-refractivity contribution in [1.82, 2.24) is 0 Å². The number of fused-ring (bicyclic) bond motifs is 1. The largest absolute Gasteiger partial charge is 0.407 e. The fourth-order valence-electron chi connectivity index (χ4n) is 1.62. The summed E-state index contributed by atoms with van der Waals surface area (Å²) in [6.07, 6.45) is -4.50. The van der Waals surface area contributed by atoms with Gasteiger partial charge in [-0.15, -0.1) is 0 Å². The molecule has 0 fully saturated rings. The molecule has 0 aliphatic heterocycles. The molecular weight excluding hydrogens is 234 g/mol. The summed E-state index contributed by atoms with van der Waals surface area (Å²) >= 11 is 0. The van der Waals surface area contributed by atoms with Crippen molar-refractivity contribution in [1.29, 1.82) is 0 Å². The van der Waals surface area contributed by atoms with Crippen molar-refractivity contribution in [2.24, 2.45) is 5.73 Å². The van der Waals surface area contributed by atoms with Gasteiger partial charge < -0.3 is 5.73 Å². The van der Waals surface area contributed by atoms with E-state index in [2.05, 4.69) is 0 Å². The smallest absolute Gasteiger partial charge is 0.316 e. The van der Waals surface area contributed by atoms with E-state index in [0.717, 1.165) is 0 Å². The van der Waals surface area contributed by atoms with Gasteiger partial charge in [-0.1, -0.05) is 18.2 Å². The van der Waals surface area contributed by atoms with Gasteiger partial charge >= 0.3 is 6.18 Å². The summed E-state index contributed by atoms with van der Waals surface area (Å²) in [5.74, 6) is -0.491. The molecule has 0 radical (unpaired) electrons. The molecule has 2 rings (SSSR count). The normalized spacial score (nSPS) is 13.9. The number of nitrogens with two attached hydrogens (primary N) is 1. The highest BCUT2D eigenvalue weighted by Gasteiger charge is 2.37. The molecule has 0 aliphatic rings. The van der Waals surface area contributed by atoms with Crippen molar-refractivity contribution in [3.05, 3.63) is 47.8 Å². The monoisotopic (exact) mass is 243 g/mol. The second-order valence-corrected chi connectivity index (χ2v) is 3.77. The zero-order valence-electron chi connectivity index (χ0n) is 8.63. The van der Waals surface area contributed by atoms with Gasteiger partial charge in [-0.25, -0.2) is 4.39 Å². The van der Waals surface area contributed by atoms with Crippen molar-refractivity contribution in [2.45, 2.75) is 12.2 Å². The third-order valence-electron chi connectivity index (χ3n) is 2.54. The Morgan fingerprint density at radius 2 is 1.59 bits per heavy atom. The van der Waals surface area contributed by atoms with E-state index in [1.165, 1.54) is 36.4 Å². The number of rotatable bonds is 1. The second kappa shape index (κ2) is 4.00. The number of alkyl halides is 3. The van der Waals surface area contributed by atoms with Crippen LogP contribution >= 0.6 is 0 Å². The maximum absolute atomic E-state index is 12.9. The van der Waals surface area contributed by atoms with Gasteiger partial charge in [0.25, 0.3) is 0 Å². The maximum Gasteiger partial charge on any atom is 0.407 e. The van der Waals surface area contributed by atoms with Crippen LogP contribution in [0.25, 0.3) is 10.8 Å². The molecule has 2 aromatic carbocycles. The van der Waals surface area contributed by atoms with Crippen LogP contribution in [0.4, 0.5) is 17.6 Å². The van der Waals surface area contributed by atoms with Crippen LogP contribution in [0.15, 0.2) is 36.4 Å². The van der Waals surface area contributed by atoms with Crippen molar-refractivity contribution in [3.8, 4) is 0 Å². The van der Waals surface area contributed by atoms with Gasteiger partial charge in [0.1, 0.15) is 11.9 Å². The summed E-state index contributed by atoms with van der Waals surface area (Å²) in [5.41, 5.74) is 5.01. The summed E-state index contributed by atoms with van der Waals surface area (Å²) < 4.78 is 50.2. The molecule has 0 spiro atoms. The topological polar surface area (TPSA) is 26.0 Å². The SMILES string of the molecule is N[C@@H](c1ccc2ccc(F)cc2c1)C(F)(F)F. The molecule has 0 heterocycles. The fourth-order valence-corrected chi connectivity index (χ4v) is 1.62. The van der Waals surface area contributed by atoms with Gasteiger partial charge in [-0.05, 0) is 34.5 Å². The molecule has 2 N–H and O–H groups in total. The van der Waals surface area contributed by atoms with Gasteiger partial charge in [0, 0.05) is 0 Å². The second-order valence-electron chi connectivity index (χ2n) is 3.77. The minimum Gasteiger partial charge on any atom is -0.316 e. The Labute approximate surface area is 94.8 Å². The van der Waals surface area contributed by atoms with Crippen LogP contribution in [0.5, 0.6) is 0 Å². The summed E-state index contributed by atoms with van der Waals surface area (Å²) in [6.45, 7) is 0. The predicted octanol–water partition coefficient (Wildman–Crippen LogP) is 3.54. The number of halogens is 4. The molecule has 0 aliphatic carbocycles. The van der Waals surface area contributed by atoms with Crippen LogP contribution in [-0.4, -0.2) is 6.18 Å². The van der Waals surface area contributed by atoms with E-state index < -0.39 is 18.0 Å². The van der Waals surface area contributed by atoms with Crippen LogP contribution < -0.4 is 5.73 Å².